The molecule has 0 atom stereocenters. The van der Waals surface area contributed by atoms with Crippen molar-refractivity contribution in [2.45, 2.75) is 26.7 Å². The molecule has 0 fully saturated rings. The Morgan fingerprint density at radius 1 is 1.20 bits per heavy atom. The Balaban J connectivity index is 2.74. The number of hydrogen-bond donors (Lipinski definition) is 3. The van der Waals surface area contributed by atoms with E-state index in [-0.39, 0.29) is 11.6 Å². The Morgan fingerprint density at radius 3 is 2.30 bits per heavy atom. The van der Waals surface area contributed by atoms with Gasteiger partial charge in [-0.15, -0.1) is 0 Å². The lowest BCUT2D eigenvalue weighted by Gasteiger charge is -2.20. The highest BCUT2D eigenvalue weighted by Crippen LogP contribution is 2.07. The predicted octanol–water partition coefficient (Wildman–Crippen LogP) is 2.57. The first-order chi connectivity index (χ1) is 9.71. The fraction of sp³-hybridized carbons (Fsp3) is 0.400. The molecule has 110 valence electrons. The number of hydroxylamine groups is 1. The van der Waals surface area contributed by atoms with Crippen LogP contribution in [-0.2, 0) is 4.79 Å². The zero-order chi connectivity index (χ0) is 14.8. The fourth-order valence-corrected chi connectivity index (χ4v) is 1.86. The summed E-state index contributed by atoms with van der Waals surface area (Å²) in [5.41, 5.74) is 2.80. The highest BCUT2D eigenvalue weighted by molar-refractivity contribution is 6.02. The average Bonchev–Trinajstić information content (AvgIpc) is 2.46. The molecule has 0 aliphatic heterocycles. The highest BCUT2D eigenvalue weighted by atomic mass is 16.5. The van der Waals surface area contributed by atoms with Gasteiger partial charge in [0.1, 0.15) is 5.70 Å². The molecule has 5 nitrogen and oxygen atoms in total. The van der Waals surface area contributed by atoms with Gasteiger partial charge in [-0.2, -0.15) is 0 Å². The average molecular weight is 277 g/mol. The SMILES string of the molecule is CCCN(C=C(NO)C(=O)Nc1ccccc1)CCC. The summed E-state index contributed by atoms with van der Waals surface area (Å²) in [6, 6.07) is 9.14. The molecule has 1 amide bonds. The van der Waals surface area contributed by atoms with Crippen molar-refractivity contribution in [2.75, 3.05) is 18.4 Å². The Labute approximate surface area is 120 Å². The molecule has 0 bridgehead atoms. The number of nitrogens with one attached hydrogen (secondary N) is 2. The first-order valence-electron chi connectivity index (χ1n) is 6.93. The Hall–Kier alpha value is -2.01. The van der Waals surface area contributed by atoms with Gasteiger partial charge in [0.05, 0.1) is 0 Å². The monoisotopic (exact) mass is 277 g/mol. The van der Waals surface area contributed by atoms with Crippen LogP contribution in [0.2, 0.25) is 0 Å². The second kappa shape index (κ2) is 8.98. The van der Waals surface area contributed by atoms with Crippen LogP contribution in [0.15, 0.2) is 42.2 Å². The van der Waals surface area contributed by atoms with Crippen molar-refractivity contribution < 1.29 is 10.0 Å². The van der Waals surface area contributed by atoms with Crippen molar-refractivity contribution in [2.24, 2.45) is 0 Å². The van der Waals surface area contributed by atoms with Crippen LogP contribution >= 0.6 is 0 Å². The van der Waals surface area contributed by atoms with Crippen molar-refractivity contribution in [3.8, 4) is 0 Å². The summed E-state index contributed by atoms with van der Waals surface area (Å²) in [4.78, 5) is 14.1. The standard InChI is InChI=1S/C15H23N3O2/c1-3-10-18(11-4-2)12-14(17-20)15(19)16-13-8-6-5-7-9-13/h5-9,12,17,20H,3-4,10-11H2,1-2H3,(H,16,19). The number of carbonyl (C=O) groups excluding carboxylic acids is 1. The van der Waals surface area contributed by atoms with Crippen molar-refractivity contribution in [3.05, 3.63) is 42.2 Å². The fourth-order valence-electron chi connectivity index (χ4n) is 1.86. The van der Waals surface area contributed by atoms with Gasteiger partial charge in [0.15, 0.2) is 0 Å². The van der Waals surface area contributed by atoms with E-state index in [0.717, 1.165) is 25.9 Å². The molecule has 0 unspecified atom stereocenters. The maximum absolute atomic E-state index is 12.1. The number of hydrogen-bond acceptors (Lipinski definition) is 4. The van der Waals surface area contributed by atoms with Gasteiger partial charge in [-0.25, -0.2) is 0 Å². The van der Waals surface area contributed by atoms with E-state index in [0.29, 0.717) is 5.69 Å². The maximum Gasteiger partial charge on any atom is 0.275 e. The van der Waals surface area contributed by atoms with Gasteiger partial charge in [-0.1, -0.05) is 32.0 Å². The van der Waals surface area contributed by atoms with E-state index in [1.54, 1.807) is 18.3 Å². The van der Waals surface area contributed by atoms with Crippen LogP contribution < -0.4 is 10.8 Å². The van der Waals surface area contributed by atoms with E-state index >= 15 is 0 Å². The molecule has 0 saturated heterocycles. The van der Waals surface area contributed by atoms with Gasteiger partial charge >= 0.3 is 0 Å². The van der Waals surface area contributed by atoms with E-state index in [1.807, 2.05) is 28.6 Å². The third-order valence-corrected chi connectivity index (χ3v) is 2.73. The smallest absolute Gasteiger partial charge is 0.275 e. The molecule has 0 heterocycles. The molecule has 0 saturated carbocycles. The minimum atomic E-state index is -0.365. The highest BCUT2D eigenvalue weighted by Gasteiger charge is 2.10. The van der Waals surface area contributed by atoms with E-state index in [2.05, 4.69) is 19.2 Å². The maximum atomic E-state index is 12.1. The molecule has 5 heteroatoms. The number of carbonyl (C=O) groups is 1. The lowest BCUT2D eigenvalue weighted by molar-refractivity contribution is -0.114. The first-order valence-corrected chi connectivity index (χ1v) is 6.93. The van der Waals surface area contributed by atoms with Gasteiger partial charge in [0.2, 0.25) is 0 Å². The van der Waals surface area contributed by atoms with Gasteiger partial charge in [0.25, 0.3) is 5.91 Å². The Kier molecular flexibility index (Phi) is 7.21. The van der Waals surface area contributed by atoms with Gasteiger partial charge in [0, 0.05) is 25.0 Å². The number of rotatable bonds is 8. The zero-order valence-corrected chi connectivity index (χ0v) is 12.1. The number of anilines is 1. The summed E-state index contributed by atoms with van der Waals surface area (Å²) in [7, 11) is 0. The molecule has 1 rings (SSSR count). The van der Waals surface area contributed by atoms with Crippen molar-refractivity contribution in [1.29, 1.82) is 0 Å². The molecule has 0 spiro atoms. The molecule has 1 aromatic rings. The summed E-state index contributed by atoms with van der Waals surface area (Å²) >= 11 is 0. The van der Waals surface area contributed by atoms with Crippen molar-refractivity contribution in [1.82, 2.24) is 10.4 Å². The summed E-state index contributed by atoms with van der Waals surface area (Å²) in [6.07, 6.45) is 3.62. The van der Waals surface area contributed by atoms with Crippen molar-refractivity contribution in [3.63, 3.8) is 0 Å². The van der Waals surface area contributed by atoms with E-state index < -0.39 is 0 Å². The molecule has 0 radical (unpaired) electrons. The van der Waals surface area contributed by atoms with Crippen LogP contribution in [0.3, 0.4) is 0 Å². The number of para-hydroxylation sites is 1. The summed E-state index contributed by atoms with van der Waals surface area (Å²) in [5.74, 6) is -0.365. The van der Waals surface area contributed by atoms with Crippen molar-refractivity contribution >= 4 is 11.6 Å². The largest absolute Gasteiger partial charge is 0.376 e. The molecule has 0 aromatic heterocycles. The van der Waals surface area contributed by atoms with Crippen LogP contribution in [-0.4, -0.2) is 29.1 Å². The quantitative estimate of drug-likeness (QED) is 0.505. The number of nitrogens with zero attached hydrogens (tertiary/aromatic N) is 1. The second-order valence-corrected chi connectivity index (χ2v) is 4.51. The van der Waals surface area contributed by atoms with E-state index in [1.165, 1.54) is 0 Å². The predicted molar refractivity (Wildman–Crippen MR) is 80.2 cm³/mol. The minimum Gasteiger partial charge on any atom is -0.376 e. The van der Waals surface area contributed by atoms with Crippen LogP contribution in [0.5, 0.6) is 0 Å². The van der Waals surface area contributed by atoms with Crippen LogP contribution in [0.1, 0.15) is 26.7 Å². The number of benzene rings is 1. The first kappa shape index (κ1) is 16.0. The van der Waals surface area contributed by atoms with Gasteiger partial charge in [-0.3, -0.25) is 15.5 Å². The molecule has 20 heavy (non-hydrogen) atoms. The third kappa shape index (κ3) is 5.32. The normalized spacial score (nSPS) is 11.1. The molecular formula is C15H23N3O2. The lowest BCUT2D eigenvalue weighted by Crippen LogP contribution is -2.28. The zero-order valence-electron chi connectivity index (χ0n) is 12.1. The minimum absolute atomic E-state index is 0.135. The third-order valence-electron chi connectivity index (χ3n) is 2.73. The molecule has 3 N–H and O–H groups in total. The van der Waals surface area contributed by atoms with Crippen LogP contribution in [0, 0.1) is 0 Å². The van der Waals surface area contributed by atoms with Crippen LogP contribution in [0.4, 0.5) is 5.69 Å². The Bertz CT molecular complexity index is 426. The lowest BCUT2D eigenvalue weighted by atomic mass is 10.3. The number of amides is 1. The molecule has 0 aliphatic rings. The summed E-state index contributed by atoms with van der Waals surface area (Å²) in [6.45, 7) is 5.84. The molecule has 1 aromatic carbocycles. The Morgan fingerprint density at radius 2 is 1.80 bits per heavy atom. The summed E-state index contributed by atoms with van der Waals surface area (Å²) in [5, 5.41) is 11.9. The van der Waals surface area contributed by atoms with E-state index in [9.17, 15) is 4.79 Å². The topological polar surface area (TPSA) is 64.6 Å². The van der Waals surface area contributed by atoms with E-state index in [4.69, 9.17) is 5.21 Å². The molecular weight excluding hydrogens is 254 g/mol. The van der Waals surface area contributed by atoms with Gasteiger partial charge in [-0.05, 0) is 25.0 Å². The molecule has 0 aliphatic carbocycles. The summed E-state index contributed by atoms with van der Waals surface area (Å²) < 4.78 is 0. The van der Waals surface area contributed by atoms with Gasteiger partial charge < -0.3 is 10.2 Å². The van der Waals surface area contributed by atoms with Crippen LogP contribution in [0.25, 0.3) is 0 Å². The second-order valence-electron chi connectivity index (χ2n) is 4.51.